The van der Waals surface area contributed by atoms with E-state index in [4.69, 9.17) is 21.1 Å². The van der Waals surface area contributed by atoms with Gasteiger partial charge in [0.1, 0.15) is 11.6 Å². The lowest BCUT2D eigenvalue weighted by molar-refractivity contribution is -0.120. The van der Waals surface area contributed by atoms with Gasteiger partial charge in [-0.3, -0.25) is 14.5 Å². The van der Waals surface area contributed by atoms with E-state index in [-0.39, 0.29) is 34.4 Å². The van der Waals surface area contributed by atoms with Crippen molar-refractivity contribution in [1.82, 2.24) is 15.2 Å². The number of halogens is 2. The minimum absolute atomic E-state index is 0.0631. The number of hydrogen-bond acceptors (Lipinski definition) is 5. The van der Waals surface area contributed by atoms with Crippen molar-refractivity contribution in [3.63, 3.8) is 0 Å². The molecule has 36 heavy (non-hydrogen) atoms. The highest BCUT2D eigenvalue weighted by molar-refractivity contribution is 6.31. The number of amides is 1. The molecule has 1 aliphatic heterocycles. The van der Waals surface area contributed by atoms with Gasteiger partial charge in [0.25, 0.3) is 0 Å². The highest BCUT2D eigenvalue weighted by atomic mass is 35.5. The zero-order valence-electron chi connectivity index (χ0n) is 20.5. The first-order chi connectivity index (χ1) is 17.3. The smallest absolute Gasteiger partial charge is 0.224 e. The summed E-state index contributed by atoms with van der Waals surface area (Å²) in [7, 11) is 0. The summed E-state index contributed by atoms with van der Waals surface area (Å²) in [6.07, 6.45) is 0.734. The summed E-state index contributed by atoms with van der Waals surface area (Å²) < 4.78 is 25.1. The highest BCUT2D eigenvalue weighted by Gasteiger charge is 2.19. The topological polar surface area (TPSA) is 83.7 Å². The number of pyridine rings is 1. The van der Waals surface area contributed by atoms with Crippen LogP contribution in [-0.4, -0.2) is 61.3 Å². The van der Waals surface area contributed by atoms with Crippen LogP contribution >= 0.6 is 11.6 Å². The van der Waals surface area contributed by atoms with Gasteiger partial charge in [0.2, 0.25) is 5.91 Å². The van der Waals surface area contributed by atoms with Crippen LogP contribution < -0.4 is 15.5 Å². The zero-order chi connectivity index (χ0) is 25.7. The van der Waals surface area contributed by atoms with Crippen molar-refractivity contribution in [3.05, 3.63) is 63.0 Å². The maximum Gasteiger partial charge on any atom is 0.224 e. The Morgan fingerprint density at radius 2 is 2.00 bits per heavy atom. The van der Waals surface area contributed by atoms with Crippen LogP contribution in [0.1, 0.15) is 25.8 Å². The Balaban J connectivity index is 1.62. The lowest BCUT2D eigenvalue weighted by Gasteiger charge is -2.26. The van der Waals surface area contributed by atoms with Crippen molar-refractivity contribution < 1.29 is 18.7 Å². The molecule has 1 aliphatic rings. The normalized spacial score (nSPS) is 14.4. The SMILES string of the molecule is CC(C)NC(=O)Cc1c(-c2ccc(F)c(Cl)c2)[nH]c2ccc(OCCCN3CCOCC3)cc2c1=O. The van der Waals surface area contributed by atoms with Gasteiger partial charge in [-0.05, 0) is 56.7 Å². The third kappa shape index (κ3) is 6.43. The van der Waals surface area contributed by atoms with E-state index in [1.165, 1.54) is 18.2 Å². The molecule has 9 heteroatoms. The fraction of sp³-hybridized carbons (Fsp3) is 0.407. The minimum Gasteiger partial charge on any atom is -0.494 e. The number of morpholine rings is 1. The van der Waals surface area contributed by atoms with Crippen molar-refractivity contribution in [2.75, 3.05) is 39.5 Å². The summed E-state index contributed by atoms with van der Waals surface area (Å²) in [5, 5.41) is 3.18. The molecule has 2 N–H and O–H groups in total. The van der Waals surface area contributed by atoms with Crippen LogP contribution in [-0.2, 0) is 16.0 Å². The molecular weight excluding hydrogens is 485 g/mol. The van der Waals surface area contributed by atoms with E-state index in [1.807, 2.05) is 13.8 Å². The van der Waals surface area contributed by atoms with Gasteiger partial charge in [0, 0.05) is 42.2 Å². The summed E-state index contributed by atoms with van der Waals surface area (Å²) >= 11 is 6.01. The van der Waals surface area contributed by atoms with Gasteiger partial charge in [-0.15, -0.1) is 0 Å². The van der Waals surface area contributed by atoms with Crippen LogP contribution in [0.5, 0.6) is 5.75 Å². The van der Waals surface area contributed by atoms with Crippen LogP contribution in [0.4, 0.5) is 4.39 Å². The van der Waals surface area contributed by atoms with E-state index in [1.54, 1.807) is 18.2 Å². The number of carbonyl (C=O) groups excluding carboxylic acids is 1. The minimum atomic E-state index is -0.557. The summed E-state index contributed by atoms with van der Waals surface area (Å²) in [4.78, 5) is 31.8. The fourth-order valence-corrected chi connectivity index (χ4v) is 4.48. The van der Waals surface area contributed by atoms with Crippen molar-refractivity contribution in [1.29, 1.82) is 0 Å². The Bertz CT molecular complexity index is 1290. The summed E-state index contributed by atoms with van der Waals surface area (Å²) in [6, 6.07) is 9.44. The van der Waals surface area contributed by atoms with Gasteiger partial charge >= 0.3 is 0 Å². The Labute approximate surface area is 214 Å². The quantitative estimate of drug-likeness (QED) is 0.418. The molecule has 0 saturated carbocycles. The molecular formula is C27H31ClFN3O4. The third-order valence-corrected chi connectivity index (χ3v) is 6.35. The molecule has 1 saturated heterocycles. The molecule has 0 spiro atoms. The summed E-state index contributed by atoms with van der Waals surface area (Å²) in [6.45, 7) is 8.54. The van der Waals surface area contributed by atoms with Crippen LogP contribution in [0.25, 0.3) is 22.2 Å². The average Bonchev–Trinajstić information content (AvgIpc) is 2.85. The van der Waals surface area contributed by atoms with Gasteiger partial charge in [-0.25, -0.2) is 4.39 Å². The molecule has 2 aromatic carbocycles. The van der Waals surface area contributed by atoms with Crippen LogP contribution in [0, 0.1) is 5.82 Å². The van der Waals surface area contributed by atoms with Gasteiger partial charge in [0.05, 0.1) is 42.5 Å². The van der Waals surface area contributed by atoms with Crippen LogP contribution in [0.3, 0.4) is 0 Å². The molecule has 4 rings (SSSR count). The number of benzene rings is 2. The van der Waals surface area contributed by atoms with Gasteiger partial charge in [-0.2, -0.15) is 0 Å². The van der Waals surface area contributed by atoms with Crippen molar-refractivity contribution in [2.24, 2.45) is 0 Å². The molecule has 0 radical (unpaired) electrons. The van der Waals surface area contributed by atoms with E-state index >= 15 is 0 Å². The van der Waals surface area contributed by atoms with E-state index in [2.05, 4.69) is 15.2 Å². The zero-order valence-corrected chi connectivity index (χ0v) is 21.3. The third-order valence-electron chi connectivity index (χ3n) is 6.06. The first-order valence-electron chi connectivity index (χ1n) is 12.2. The number of H-pyrrole nitrogens is 1. The second kappa shape index (κ2) is 11.9. The average molecular weight is 516 g/mol. The number of aromatic nitrogens is 1. The fourth-order valence-electron chi connectivity index (χ4n) is 4.30. The lowest BCUT2D eigenvalue weighted by Crippen LogP contribution is -2.37. The number of rotatable bonds is 9. The molecule has 1 fully saturated rings. The molecule has 1 aromatic heterocycles. The number of hydrogen-bond donors (Lipinski definition) is 2. The van der Waals surface area contributed by atoms with E-state index in [0.717, 1.165) is 39.3 Å². The largest absolute Gasteiger partial charge is 0.494 e. The first-order valence-corrected chi connectivity index (χ1v) is 12.6. The van der Waals surface area contributed by atoms with E-state index in [0.29, 0.717) is 34.5 Å². The van der Waals surface area contributed by atoms with Gasteiger partial charge in [-0.1, -0.05) is 11.6 Å². The van der Waals surface area contributed by atoms with Crippen molar-refractivity contribution >= 4 is 28.4 Å². The molecule has 7 nitrogen and oxygen atoms in total. The van der Waals surface area contributed by atoms with E-state index in [9.17, 15) is 14.0 Å². The molecule has 0 aliphatic carbocycles. The Hall–Kier alpha value is -2.94. The first kappa shape index (κ1) is 26.1. The maximum absolute atomic E-state index is 13.8. The van der Waals surface area contributed by atoms with Crippen molar-refractivity contribution in [2.45, 2.75) is 32.7 Å². The monoisotopic (exact) mass is 515 g/mol. The second-order valence-corrected chi connectivity index (χ2v) is 9.61. The number of ether oxygens (including phenoxy) is 2. The predicted molar refractivity (Wildman–Crippen MR) is 139 cm³/mol. The highest BCUT2D eigenvalue weighted by Crippen LogP contribution is 2.28. The maximum atomic E-state index is 13.8. The molecule has 0 unspecified atom stereocenters. The number of fused-ring (bicyclic) bond motifs is 1. The number of carbonyl (C=O) groups is 1. The predicted octanol–water partition coefficient (Wildman–Crippen LogP) is 4.16. The summed E-state index contributed by atoms with van der Waals surface area (Å²) in [5.41, 5.74) is 1.55. The molecule has 3 aromatic rings. The lowest BCUT2D eigenvalue weighted by atomic mass is 9.99. The number of aromatic amines is 1. The Kier molecular flexibility index (Phi) is 8.61. The van der Waals surface area contributed by atoms with Gasteiger partial charge < -0.3 is 19.8 Å². The molecule has 192 valence electrons. The number of nitrogens with one attached hydrogen (secondary N) is 2. The van der Waals surface area contributed by atoms with Crippen molar-refractivity contribution in [3.8, 4) is 17.0 Å². The van der Waals surface area contributed by atoms with E-state index < -0.39 is 5.82 Å². The molecule has 2 heterocycles. The Morgan fingerprint density at radius 3 is 2.72 bits per heavy atom. The summed E-state index contributed by atoms with van der Waals surface area (Å²) in [5.74, 6) is -0.247. The second-order valence-electron chi connectivity index (χ2n) is 9.20. The van der Waals surface area contributed by atoms with Crippen LogP contribution in [0.15, 0.2) is 41.2 Å². The van der Waals surface area contributed by atoms with Gasteiger partial charge in [0.15, 0.2) is 5.43 Å². The standard InChI is InChI=1S/C27H31ClFN3O4/c1-17(2)30-25(33)16-21-26(18-4-6-23(29)22(28)14-18)31-24-7-5-19(15-20(24)27(21)34)36-11-3-8-32-9-12-35-13-10-32/h4-7,14-15,17H,3,8-13,16H2,1-2H3,(H,30,33)(H,31,34). The Morgan fingerprint density at radius 1 is 1.22 bits per heavy atom. The number of nitrogens with zero attached hydrogens (tertiary/aromatic N) is 1. The molecule has 0 atom stereocenters. The molecule has 0 bridgehead atoms. The van der Waals surface area contributed by atoms with Crippen LogP contribution in [0.2, 0.25) is 5.02 Å². The molecule has 1 amide bonds.